The van der Waals surface area contributed by atoms with Gasteiger partial charge >= 0.3 is 6.09 Å². The fourth-order valence-corrected chi connectivity index (χ4v) is 2.79. The molecule has 3 rings (SSSR count). The maximum atomic E-state index is 11.9. The first-order valence-corrected chi connectivity index (χ1v) is 6.49. The SMILES string of the molecule is C=O.O=C1OC2(CCCCC2)CN1c1cccnc1. The van der Waals surface area contributed by atoms with Gasteiger partial charge in [0, 0.05) is 6.20 Å². The minimum absolute atomic E-state index is 0.222. The summed E-state index contributed by atoms with van der Waals surface area (Å²) in [7, 11) is 0. The van der Waals surface area contributed by atoms with Gasteiger partial charge in [-0.2, -0.15) is 0 Å². The molecule has 19 heavy (non-hydrogen) atoms. The van der Waals surface area contributed by atoms with Crippen LogP contribution in [-0.4, -0.2) is 30.0 Å². The van der Waals surface area contributed by atoms with E-state index in [1.165, 1.54) is 6.42 Å². The Balaban J connectivity index is 0.000000637. The number of carbonyl (C=O) groups is 2. The molecule has 1 saturated carbocycles. The normalized spacial score (nSPS) is 20.6. The first-order chi connectivity index (χ1) is 9.29. The van der Waals surface area contributed by atoms with Gasteiger partial charge in [0.25, 0.3) is 0 Å². The van der Waals surface area contributed by atoms with E-state index in [0.29, 0.717) is 6.54 Å². The van der Waals surface area contributed by atoms with Crippen molar-refractivity contribution < 1.29 is 14.3 Å². The Hall–Kier alpha value is -1.91. The van der Waals surface area contributed by atoms with E-state index in [-0.39, 0.29) is 11.7 Å². The molecule has 0 N–H and O–H groups in total. The third kappa shape index (κ3) is 2.75. The fourth-order valence-electron chi connectivity index (χ4n) is 2.79. The quantitative estimate of drug-likeness (QED) is 0.780. The average molecular weight is 262 g/mol. The first kappa shape index (κ1) is 13.5. The first-order valence-electron chi connectivity index (χ1n) is 6.49. The van der Waals surface area contributed by atoms with Crippen molar-refractivity contribution in [1.29, 1.82) is 0 Å². The third-order valence-corrected chi connectivity index (χ3v) is 3.69. The Morgan fingerprint density at radius 2 is 2.00 bits per heavy atom. The third-order valence-electron chi connectivity index (χ3n) is 3.69. The molecule has 1 aromatic heterocycles. The van der Waals surface area contributed by atoms with Gasteiger partial charge in [-0.25, -0.2) is 4.79 Å². The fraction of sp³-hybridized carbons (Fsp3) is 0.500. The van der Waals surface area contributed by atoms with Crippen LogP contribution in [-0.2, 0) is 9.53 Å². The molecular weight excluding hydrogens is 244 g/mol. The summed E-state index contributed by atoms with van der Waals surface area (Å²) in [5, 5.41) is 0. The molecule has 0 radical (unpaired) electrons. The molecule has 5 nitrogen and oxygen atoms in total. The highest BCUT2D eigenvalue weighted by Crippen LogP contribution is 2.38. The maximum absolute atomic E-state index is 11.9. The molecule has 0 bridgehead atoms. The monoisotopic (exact) mass is 262 g/mol. The van der Waals surface area contributed by atoms with E-state index in [1.807, 2.05) is 18.9 Å². The number of carbonyl (C=O) groups excluding carboxylic acids is 2. The molecule has 1 saturated heterocycles. The van der Waals surface area contributed by atoms with Crippen molar-refractivity contribution in [3.05, 3.63) is 24.5 Å². The summed E-state index contributed by atoms with van der Waals surface area (Å²) in [5.41, 5.74) is 0.602. The minimum atomic E-state index is -0.231. The molecule has 1 aromatic rings. The van der Waals surface area contributed by atoms with Crippen LogP contribution < -0.4 is 4.90 Å². The zero-order valence-corrected chi connectivity index (χ0v) is 10.9. The van der Waals surface area contributed by atoms with Gasteiger partial charge in [-0.1, -0.05) is 6.42 Å². The molecule has 1 aliphatic heterocycles. The molecule has 0 unspecified atom stereocenters. The molecular formula is C14H18N2O3. The molecule has 2 fully saturated rings. The van der Waals surface area contributed by atoms with Gasteiger partial charge in [0.2, 0.25) is 0 Å². The zero-order valence-electron chi connectivity index (χ0n) is 10.9. The van der Waals surface area contributed by atoms with Crippen LogP contribution in [0.5, 0.6) is 0 Å². The van der Waals surface area contributed by atoms with Crippen molar-refractivity contribution in [1.82, 2.24) is 4.98 Å². The Kier molecular flexibility index (Phi) is 4.14. The number of anilines is 1. The topological polar surface area (TPSA) is 59.5 Å². The molecule has 0 aromatic carbocycles. The van der Waals surface area contributed by atoms with Crippen LogP contribution in [0.1, 0.15) is 32.1 Å². The van der Waals surface area contributed by atoms with E-state index in [9.17, 15) is 4.79 Å². The van der Waals surface area contributed by atoms with Crippen molar-refractivity contribution in [3.8, 4) is 0 Å². The van der Waals surface area contributed by atoms with Crippen LogP contribution in [0.4, 0.5) is 10.5 Å². The van der Waals surface area contributed by atoms with E-state index < -0.39 is 0 Å². The molecule has 0 atom stereocenters. The Morgan fingerprint density at radius 1 is 1.26 bits per heavy atom. The van der Waals surface area contributed by atoms with Gasteiger partial charge in [-0.3, -0.25) is 9.88 Å². The Bertz CT molecular complexity index is 430. The van der Waals surface area contributed by atoms with E-state index in [0.717, 1.165) is 31.4 Å². The predicted molar refractivity (Wildman–Crippen MR) is 71.0 cm³/mol. The smallest absolute Gasteiger partial charge is 0.415 e. The van der Waals surface area contributed by atoms with E-state index in [2.05, 4.69) is 4.98 Å². The van der Waals surface area contributed by atoms with Gasteiger partial charge in [0.05, 0.1) is 18.4 Å². The van der Waals surface area contributed by atoms with E-state index in [4.69, 9.17) is 9.53 Å². The highest BCUT2D eigenvalue weighted by atomic mass is 16.6. The lowest BCUT2D eigenvalue weighted by Crippen LogP contribution is -2.36. The highest BCUT2D eigenvalue weighted by molar-refractivity contribution is 5.90. The minimum Gasteiger partial charge on any atom is -0.441 e. The van der Waals surface area contributed by atoms with Gasteiger partial charge < -0.3 is 9.53 Å². The van der Waals surface area contributed by atoms with E-state index in [1.54, 1.807) is 17.3 Å². The van der Waals surface area contributed by atoms with Gasteiger partial charge in [-0.15, -0.1) is 0 Å². The molecule has 102 valence electrons. The second-order valence-electron chi connectivity index (χ2n) is 4.91. The number of amides is 1. The van der Waals surface area contributed by atoms with Crippen LogP contribution >= 0.6 is 0 Å². The zero-order chi connectivity index (χ0) is 13.7. The van der Waals surface area contributed by atoms with Crippen LogP contribution in [0.25, 0.3) is 0 Å². The Morgan fingerprint density at radius 3 is 2.63 bits per heavy atom. The van der Waals surface area contributed by atoms with Gasteiger partial charge in [0.15, 0.2) is 0 Å². The lowest BCUT2D eigenvalue weighted by Gasteiger charge is -2.30. The van der Waals surface area contributed by atoms with Crippen molar-refractivity contribution in [2.24, 2.45) is 0 Å². The highest BCUT2D eigenvalue weighted by Gasteiger charge is 2.46. The number of nitrogens with zero attached hydrogens (tertiary/aromatic N) is 2. The van der Waals surface area contributed by atoms with E-state index >= 15 is 0 Å². The van der Waals surface area contributed by atoms with Crippen LogP contribution in [0.3, 0.4) is 0 Å². The van der Waals surface area contributed by atoms with Gasteiger partial charge in [0.1, 0.15) is 12.4 Å². The second-order valence-corrected chi connectivity index (χ2v) is 4.91. The lowest BCUT2D eigenvalue weighted by atomic mass is 9.85. The van der Waals surface area contributed by atoms with Crippen LogP contribution in [0.15, 0.2) is 24.5 Å². The molecule has 5 heteroatoms. The molecule has 1 amide bonds. The largest absolute Gasteiger partial charge is 0.441 e. The summed E-state index contributed by atoms with van der Waals surface area (Å²) in [6, 6.07) is 3.74. The van der Waals surface area contributed by atoms with Crippen molar-refractivity contribution in [2.75, 3.05) is 11.4 Å². The number of hydrogen-bond acceptors (Lipinski definition) is 4. The molecule has 2 heterocycles. The summed E-state index contributed by atoms with van der Waals surface area (Å²) in [6.45, 7) is 2.68. The molecule has 1 aliphatic carbocycles. The summed E-state index contributed by atoms with van der Waals surface area (Å²) in [6.07, 6.45) is 8.77. The van der Waals surface area contributed by atoms with Crippen molar-refractivity contribution >= 4 is 18.6 Å². The number of hydrogen-bond donors (Lipinski definition) is 0. The lowest BCUT2D eigenvalue weighted by molar-refractivity contribution is -0.0980. The summed E-state index contributed by atoms with van der Waals surface area (Å²) >= 11 is 0. The van der Waals surface area contributed by atoms with Gasteiger partial charge in [-0.05, 0) is 37.8 Å². The average Bonchev–Trinajstić information content (AvgIpc) is 2.79. The van der Waals surface area contributed by atoms with Crippen LogP contribution in [0.2, 0.25) is 0 Å². The molecule has 2 aliphatic rings. The Labute approximate surface area is 112 Å². The van der Waals surface area contributed by atoms with Crippen molar-refractivity contribution in [2.45, 2.75) is 37.7 Å². The standard InChI is InChI=1S/C13H16N2O2.CH2O/c16-12-15(11-5-4-8-14-9-11)10-13(17-12)6-2-1-3-7-13;1-2/h4-5,8-9H,1-3,6-7,10H2;1H2. The molecule has 1 spiro atoms. The number of ether oxygens (including phenoxy) is 1. The van der Waals surface area contributed by atoms with Crippen LogP contribution in [0, 0.1) is 0 Å². The predicted octanol–water partition coefficient (Wildman–Crippen LogP) is 2.56. The number of aromatic nitrogens is 1. The maximum Gasteiger partial charge on any atom is 0.415 e. The summed E-state index contributed by atoms with van der Waals surface area (Å²) in [5.74, 6) is 0. The summed E-state index contributed by atoms with van der Waals surface area (Å²) < 4.78 is 5.62. The van der Waals surface area contributed by atoms with Crippen molar-refractivity contribution in [3.63, 3.8) is 0 Å². The number of pyridine rings is 1. The summed E-state index contributed by atoms with van der Waals surface area (Å²) in [4.78, 5) is 25.7. The second kappa shape index (κ2) is 5.82. The number of rotatable bonds is 1.